The van der Waals surface area contributed by atoms with Crippen molar-refractivity contribution >= 4 is 70.2 Å². The Kier molecular flexibility index (Phi) is 29.5. The first-order valence-electron chi connectivity index (χ1n) is 11.3. The van der Waals surface area contributed by atoms with Gasteiger partial charge in [-0.25, -0.2) is 0 Å². The van der Waals surface area contributed by atoms with Crippen LogP contribution in [0.4, 0.5) is 0 Å². The Labute approximate surface area is 235 Å². The predicted octanol–water partition coefficient (Wildman–Crippen LogP) is 6.13. The molecule has 0 fully saturated rings. The van der Waals surface area contributed by atoms with E-state index >= 15 is 0 Å². The lowest BCUT2D eigenvalue weighted by Crippen LogP contribution is -2.09. The summed E-state index contributed by atoms with van der Waals surface area (Å²) in [5.41, 5.74) is 3.38. The minimum atomic E-state index is 0.533. The molecule has 0 bridgehead atoms. The van der Waals surface area contributed by atoms with Crippen LogP contribution in [0, 0.1) is 0 Å². The van der Waals surface area contributed by atoms with Crippen LogP contribution in [0.25, 0.3) is 0 Å². The lowest BCUT2D eigenvalue weighted by molar-refractivity contribution is 0.0605. The Morgan fingerprint density at radius 2 is 0.706 bits per heavy atom. The van der Waals surface area contributed by atoms with E-state index in [9.17, 15) is 0 Å². The molecule has 0 aliphatic rings. The maximum absolute atomic E-state index is 5.69. The summed E-state index contributed by atoms with van der Waals surface area (Å²) in [6, 6.07) is 0. The average Bonchev–Trinajstić information content (AvgIpc) is 2.84. The molecule has 0 aromatic carbocycles. The molecule has 0 spiro atoms. The topological polar surface area (TPSA) is 36.9 Å². The van der Waals surface area contributed by atoms with Gasteiger partial charge in [-0.3, -0.25) is 0 Å². The van der Waals surface area contributed by atoms with Gasteiger partial charge in [0.25, 0.3) is 0 Å². The van der Waals surface area contributed by atoms with Crippen molar-refractivity contribution in [2.75, 3.05) is 111 Å². The van der Waals surface area contributed by atoms with E-state index in [1.165, 1.54) is 5.57 Å². The van der Waals surface area contributed by atoms with Crippen molar-refractivity contribution in [1.29, 1.82) is 0 Å². The van der Waals surface area contributed by atoms with Crippen molar-refractivity contribution in [3.63, 3.8) is 0 Å². The van der Waals surface area contributed by atoms with Crippen LogP contribution < -0.4 is 0 Å². The Hall–Kier alpha value is 1.04. The van der Waals surface area contributed by atoms with Gasteiger partial charge in [-0.1, -0.05) is 36.5 Å². The molecule has 10 heteroatoms. The van der Waals surface area contributed by atoms with Gasteiger partial charge < -0.3 is 18.9 Å². The van der Waals surface area contributed by atoms with Gasteiger partial charge in [-0.15, -0.1) is 23.2 Å². The predicted molar refractivity (Wildman–Crippen MR) is 161 cm³/mol. The highest BCUT2D eigenvalue weighted by Crippen LogP contribution is 2.12. The van der Waals surface area contributed by atoms with E-state index in [4.69, 9.17) is 42.1 Å². The molecule has 0 heterocycles. The molecule has 0 atom stereocenters. The Morgan fingerprint density at radius 1 is 0.441 bits per heavy atom. The lowest BCUT2D eigenvalue weighted by atomic mass is 10.4. The van der Waals surface area contributed by atoms with Gasteiger partial charge in [0.05, 0.1) is 52.9 Å². The van der Waals surface area contributed by atoms with E-state index in [1.807, 2.05) is 23.5 Å². The molecule has 0 aromatic heterocycles. The molecule has 0 aliphatic heterocycles. The summed E-state index contributed by atoms with van der Waals surface area (Å²) in [6.45, 7) is 17.5. The third kappa shape index (κ3) is 27.6. The molecular formula is C24H42Cl2O4S4. The average molecular weight is 594 g/mol. The van der Waals surface area contributed by atoms with Gasteiger partial charge in [-0.05, 0) is 0 Å². The van der Waals surface area contributed by atoms with E-state index in [2.05, 4.69) is 19.7 Å². The number of alkyl halides is 2. The summed E-state index contributed by atoms with van der Waals surface area (Å²) in [6.07, 6.45) is 0. The zero-order chi connectivity index (χ0) is 25.1. The second kappa shape index (κ2) is 28.6. The Bertz CT molecular complexity index is 471. The molecule has 0 saturated heterocycles. The van der Waals surface area contributed by atoms with Crippen LogP contribution in [0.15, 0.2) is 36.5 Å². The van der Waals surface area contributed by atoms with Crippen LogP contribution >= 0.6 is 70.2 Å². The van der Waals surface area contributed by atoms with E-state index in [1.54, 1.807) is 23.5 Å². The number of rotatable bonds is 28. The second-order valence-electron chi connectivity index (χ2n) is 7.18. The number of halogens is 2. The minimum Gasteiger partial charge on any atom is -0.378 e. The second-order valence-corrected chi connectivity index (χ2v) is 12.1. The first kappa shape index (κ1) is 35.0. The van der Waals surface area contributed by atoms with Crippen molar-refractivity contribution in [2.45, 2.75) is 0 Å². The standard InChI is InChI=1S/C24H42Cl2O4S4/c1-22(16-25)18-31-12-8-27-4-6-29-10-14-33-20-24(3)21-34-15-11-30-7-5-28-9-13-32-19-23(2)17-26/h1-21H2. The van der Waals surface area contributed by atoms with Crippen molar-refractivity contribution in [1.82, 2.24) is 0 Å². The zero-order valence-electron chi connectivity index (χ0n) is 20.4. The maximum Gasteiger partial charge on any atom is 0.0700 e. The van der Waals surface area contributed by atoms with E-state index in [0.717, 1.165) is 83.6 Å². The Balaban J connectivity index is 3.20. The molecule has 0 radical (unpaired) electrons. The van der Waals surface area contributed by atoms with Gasteiger partial charge in [0.2, 0.25) is 0 Å². The number of hydrogen-bond donors (Lipinski definition) is 0. The molecule has 0 aliphatic carbocycles. The summed E-state index contributed by atoms with van der Waals surface area (Å²) in [5, 5.41) is 0. The molecular weight excluding hydrogens is 551 g/mol. The van der Waals surface area contributed by atoms with Crippen LogP contribution in [0.2, 0.25) is 0 Å². The van der Waals surface area contributed by atoms with Crippen LogP contribution in [0.3, 0.4) is 0 Å². The van der Waals surface area contributed by atoms with E-state index < -0.39 is 0 Å². The summed E-state index contributed by atoms with van der Waals surface area (Å²) >= 11 is 18.7. The first-order chi connectivity index (χ1) is 16.6. The number of hydrogen-bond acceptors (Lipinski definition) is 8. The number of ether oxygens (including phenoxy) is 4. The molecule has 34 heavy (non-hydrogen) atoms. The number of thioether (sulfide) groups is 4. The monoisotopic (exact) mass is 592 g/mol. The maximum atomic E-state index is 5.69. The summed E-state index contributed by atoms with van der Waals surface area (Å²) in [7, 11) is 0. The van der Waals surface area contributed by atoms with Crippen molar-refractivity contribution in [3.05, 3.63) is 36.5 Å². The fourth-order valence-corrected chi connectivity index (χ4v) is 5.73. The summed E-state index contributed by atoms with van der Waals surface area (Å²) in [5.74, 6) is 8.69. The molecule has 0 amide bonds. The van der Waals surface area contributed by atoms with Crippen LogP contribution in [0.5, 0.6) is 0 Å². The molecule has 0 unspecified atom stereocenters. The van der Waals surface area contributed by atoms with Gasteiger partial charge in [0.15, 0.2) is 0 Å². The fraction of sp³-hybridized carbons (Fsp3) is 0.750. The molecule has 0 saturated carbocycles. The molecule has 200 valence electrons. The molecule has 0 aromatic rings. The Morgan fingerprint density at radius 3 is 0.971 bits per heavy atom. The van der Waals surface area contributed by atoms with E-state index in [-0.39, 0.29) is 0 Å². The minimum absolute atomic E-state index is 0.533. The summed E-state index contributed by atoms with van der Waals surface area (Å²) in [4.78, 5) is 0. The first-order valence-corrected chi connectivity index (χ1v) is 17.0. The van der Waals surface area contributed by atoms with Gasteiger partial charge in [0, 0.05) is 57.8 Å². The largest absolute Gasteiger partial charge is 0.378 e. The normalized spacial score (nSPS) is 11.1. The van der Waals surface area contributed by atoms with Gasteiger partial charge in [0.1, 0.15) is 0 Å². The molecule has 0 rings (SSSR count). The van der Waals surface area contributed by atoms with Crippen molar-refractivity contribution in [3.8, 4) is 0 Å². The molecule has 4 nitrogen and oxygen atoms in total. The van der Waals surface area contributed by atoms with Crippen molar-refractivity contribution in [2.24, 2.45) is 0 Å². The highest BCUT2D eigenvalue weighted by atomic mass is 35.5. The SMILES string of the molecule is C=C(CCl)CSCCOCCOCCSCC(=C)CSCCOCCOCCSCC(=C)CCl. The van der Waals surface area contributed by atoms with Crippen LogP contribution in [-0.4, -0.2) is 111 Å². The van der Waals surface area contributed by atoms with Crippen molar-refractivity contribution < 1.29 is 18.9 Å². The van der Waals surface area contributed by atoms with Gasteiger partial charge in [-0.2, -0.15) is 47.0 Å². The smallest absolute Gasteiger partial charge is 0.0700 e. The summed E-state index contributed by atoms with van der Waals surface area (Å²) < 4.78 is 22.3. The highest BCUT2D eigenvalue weighted by Gasteiger charge is 1.99. The van der Waals surface area contributed by atoms with Gasteiger partial charge >= 0.3 is 0 Å². The van der Waals surface area contributed by atoms with E-state index in [0.29, 0.717) is 38.2 Å². The molecule has 0 N–H and O–H groups in total. The third-order valence-electron chi connectivity index (χ3n) is 3.83. The highest BCUT2D eigenvalue weighted by molar-refractivity contribution is 8.00. The zero-order valence-corrected chi connectivity index (χ0v) is 25.1. The quantitative estimate of drug-likeness (QED) is 0.0609. The third-order valence-corrected chi connectivity index (χ3v) is 8.86. The van der Waals surface area contributed by atoms with Crippen LogP contribution in [0.1, 0.15) is 0 Å². The fourth-order valence-electron chi connectivity index (χ4n) is 2.10. The van der Waals surface area contributed by atoms with Crippen LogP contribution in [-0.2, 0) is 18.9 Å². The lowest BCUT2D eigenvalue weighted by Gasteiger charge is -2.08.